The van der Waals surface area contributed by atoms with Crippen LogP contribution < -0.4 is 4.18 Å². The van der Waals surface area contributed by atoms with Gasteiger partial charge in [-0.25, -0.2) is 4.18 Å². The van der Waals surface area contributed by atoms with Crippen molar-refractivity contribution in [3.8, 4) is 5.75 Å². The first-order valence-corrected chi connectivity index (χ1v) is 5.84. The summed E-state index contributed by atoms with van der Waals surface area (Å²) < 4.78 is 36.3. The Bertz CT molecular complexity index is 412. The van der Waals surface area contributed by atoms with Crippen molar-refractivity contribution in [2.75, 3.05) is 13.2 Å². The molecule has 0 unspecified atom stereocenters. The molecule has 5 nitrogen and oxygen atoms in total. The first-order chi connectivity index (χ1) is 7.64. The van der Waals surface area contributed by atoms with Crippen LogP contribution in [0.5, 0.6) is 5.75 Å². The first-order valence-electron chi connectivity index (χ1n) is 4.50. The number of para-hydroxylation sites is 1. The molecule has 0 amide bonds. The summed E-state index contributed by atoms with van der Waals surface area (Å²) in [6.45, 7) is 3.28. The molecule has 0 heterocycles. The second kappa shape index (κ2) is 6.14. The third-order valence-corrected chi connectivity index (χ3v) is 2.34. The van der Waals surface area contributed by atoms with Crippen molar-refractivity contribution in [1.29, 1.82) is 0 Å². The maximum Gasteiger partial charge on any atom is 0.449 e. The highest BCUT2D eigenvalue weighted by Gasteiger charge is 2.12. The van der Waals surface area contributed by atoms with E-state index in [0.717, 1.165) is 0 Å². The zero-order valence-corrected chi connectivity index (χ0v) is 9.35. The SMILES string of the molecule is C=COCCOS(=O)(=O)Oc1ccccc1. The summed E-state index contributed by atoms with van der Waals surface area (Å²) in [6, 6.07) is 8.10. The molecule has 1 aromatic carbocycles. The van der Waals surface area contributed by atoms with Crippen LogP contribution in [-0.4, -0.2) is 21.6 Å². The summed E-state index contributed by atoms with van der Waals surface area (Å²) in [5.41, 5.74) is 0. The average Bonchev–Trinajstić information content (AvgIpc) is 2.25. The van der Waals surface area contributed by atoms with Crippen LogP contribution in [-0.2, 0) is 19.3 Å². The van der Waals surface area contributed by atoms with E-state index in [-0.39, 0.29) is 19.0 Å². The van der Waals surface area contributed by atoms with Gasteiger partial charge in [-0.1, -0.05) is 24.8 Å². The predicted molar refractivity (Wildman–Crippen MR) is 58.1 cm³/mol. The molecule has 1 rings (SSSR count). The van der Waals surface area contributed by atoms with Crippen molar-refractivity contribution in [1.82, 2.24) is 0 Å². The molecule has 0 fully saturated rings. The van der Waals surface area contributed by atoms with Crippen molar-refractivity contribution in [3.63, 3.8) is 0 Å². The van der Waals surface area contributed by atoms with Gasteiger partial charge in [-0.05, 0) is 12.1 Å². The molecule has 0 bridgehead atoms. The normalized spacial score (nSPS) is 10.8. The maximum absolute atomic E-state index is 11.2. The zero-order chi connectivity index (χ0) is 11.9. The van der Waals surface area contributed by atoms with Gasteiger partial charge >= 0.3 is 10.4 Å². The van der Waals surface area contributed by atoms with E-state index in [1.807, 2.05) is 0 Å². The molecule has 0 radical (unpaired) electrons. The highest BCUT2D eigenvalue weighted by atomic mass is 32.3. The summed E-state index contributed by atoms with van der Waals surface area (Å²) in [6.07, 6.45) is 1.20. The monoisotopic (exact) mass is 244 g/mol. The molecule has 0 aromatic heterocycles. The van der Waals surface area contributed by atoms with Crippen LogP contribution in [0.15, 0.2) is 43.2 Å². The van der Waals surface area contributed by atoms with Crippen LogP contribution in [0.2, 0.25) is 0 Å². The van der Waals surface area contributed by atoms with E-state index in [9.17, 15) is 8.42 Å². The topological polar surface area (TPSA) is 61.8 Å². The fraction of sp³-hybridized carbons (Fsp3) is 0.200. The van der Waals surface area contributed by atoms with Crippen LogP contribution in [0, 0.1) is 0 Å². The molecule has 0 aliphatic carbocycles. The quantitative estimate of drug-likeness (QED) is 0.537. The number of rotatable bonds is 7. The van der Waals surface area contributed by atoms with Crippen molar-refractivity contribution in [2.24, 2.45) is 0 Å². The molecule has 0 N–H and O–H groups in total. The van der Waals surface area contributed by atoms with E-state index < -0.39 is 10.4 Å². The number of hydrogen-bond acceptors (Lipinski definition) is 5. The predicted octanol–water partition coefficient (Wildman–Crippen LogP) is 1.49. The van der Waals surface area contributed by atoms with Gasteiger partial charge in [0.05, 0.1) is 6.26 Å². The maximum atomic E-state index is 11.2. The second-order valence-electron chi connectivity index (χ2n) is 2.66. The van der Waals surface area contributed by atoms with Gasteiger partial charge in [0, 0.05) is 0 Å². The number of hydrogen-bond donors (Lipinski definition) is 0. The van der Waals surface area contributed by atoms with Crippen LogP contribution in [0.25, 0.3) is 0 Å². The third kappa shape index (κ3) is 4.81. The smallest absolute Gasteiger partial charge is 0.449 e. The van der Waals surface area contributed by atoms with E-state index >= 15 is 0 Å². The van der Waals surface area contributed by atoms with Gasteiger partial charge in [-0.15, -0.1) is 0 Å². The largest absolute Gasteiger partial charge is 0.499 e. The zero-order valence-electron chi connectivity index (χ0n) is 8.53. The van der Waals surface area contributed by atoms with Crippen molar-refractivity contribution in [3.05, 3.63) is 43.2 Å². The summed E-state index contributed by atoms with van der Waals surface area (Å²) in [4.78, 5) is 0. The molecule has 0 atom stereocenters. The minimum Gasteiger partial charge on any atom is -0.499 e. The lowest BCUT2D eigenvalue weighted by atomic mass is 10.3. The summed E-state index contributed by atoms with van der Waals surface area (Å²) >= 11 is 0. The molecular formula is C10H12O5S. The molecule has 0 aliphatic heterocycles. The standard InChI is InChI=1S/C10H12O5S/c1-2-13-8-9-14-16(11,12)15-10-6-4-3-5-7-10/h2-7H,1,8-9H2. The Balaban J connectivity index is 2.43. The lowest BCUT2D eigenvalue weighted by Crippen LogP contribution is -2.15. The Labute approximate surface area is 94.6 Å². The van der Waals surface area contributed by atoms with E-state index in [2.05, 4.69) is 14.9 Å². The fourth-order valence-corrected chi connectivity index (χ4v) is 1.55. The third-order valence-electron chi connectivity index (χ3n) is 1.49. The molecule has 0 saturated carbocycles. The van der Waals surface area contributed by atoms with Gasteiger partial charge in [-0.3, -0.25) is 0 Å². The molecule has 0 saturated heterocycles. The molecule has 1 aromatic rings. The lowest BCUT2D eigenvalue weighted by molar-refractivity contribution is 0.172. The molecule has 0 aliphatic rings. The van der Waals surface area contributed by atoms with Crippen LogP contribution in [0.4, 0.5) is 0 Å². The van der Waals surface area contributed by atoms with Crippen LogP contribution in [0.3, 0.4) is 0 Å². The number of benzene rings is 1. The van der Waals surface area contributed by atoms with Crippen LogP contribution >= 0.6 is 0 Å². The lowest BCUT2D eigenvalue weighted by Gasteiger charge is -2.06. The van der Waals surface area contributed by atoms with Crippen LogP contribution in [0.1, 0.15) is 0 Å². The molecular weight excluding hydrogens is 232 g/mol. The Morgan fingerprint density at radius 1 is 1.19 bits per heavy atom. The highest BCUT2D eigenvalue weighted by Crippen LogP contribution is 2.11. The minimum atomic E-state index is -4.03. The van der Waals surface area contributed by atoms with E-state index in [1.54, 1.807) is 18.2 Å². The van der Waals surface area contributed by atoms with Crippen molar-refractivity contribution in [2.45, 2.75) is 0 Å². The molecule has 6 heteroatoms. The van der Waals surface area contributed by atoms with E-state index in [1.165, 1.54) is 18.4 Å². The van der Waals surface area contributed by atoms with Gasteiger partial charge in [0.15, 0.2) is 0 Å². The Morgan fingerprint density at radius 3 is 2.50 bits per heavy atom. The molecule has 0 spiro atoms. The van der Waals surface area contributed by atoms with E-state index in [0.29, 0.717) is 0 Å². The van der Waals surface area contributed by atoms with E-state index in [4.69, 9.17) is 4.74 Å². The summed E-state index contributed by atoms with van der Waals surface area (Å²) in [5, 5.41) is 0. The fourth-order valence-electron chi connectivity index (χ4n) is 0.885. The van der Waals surface area contributed by atoms with Crippen molar-refractivity contribution < 1.29 is 21.5 Å². The number of ether oxygens (including phenoxy) is 1. The van der Waals surface area contributed by atoms with Gasteiger partial charge in [0.2, 0.25) is 0 Å². The summed E-state index contributed by atoms with van der Waals surface area (Å²) in [5.74, 6) is 0.201. The second-order valence-corrected chi connectivity index (χ2v) is 3.88. The van der Waals surface area contributed by atoms with Crippen molar-refractivity contribution >= 4 is 10.4 Å². The van der Waals surface area contributed by atoms with Gasteiger partial charge in [-0.2, -0.15) is 8.42 Å². The minimum absolute atomic E-state index is 0.0981. The Kier molecular flexibility index (Phi) is 4.81. The molecule has 16 heavy (non-hydrogen) atoms. The highest BCUT2D eigenvalue weighted by molar-refractivity contribution is 7.82. The van der Waals surface area contributed by atoms with Gasteiger partial charge in [0.1, 0.15) is 19.0 Å². The van der Waals surface area contributed by atoms with Gasteiger partial charge < -0.3 is 8.92 Å². The Hall–Kier alpha value is -1.53. The Morgan fingerprint density at radius 2 is 1.88 bits per heavy atom. The first kappa shape index (κ1) is 12.5. The molecule has 88 valence electrons. The summed E-state index contributed by atoms with van der Waals surface area (Å²) in [7, 11) is -4.03. The average molecular weight is 244 g/mol. The van der Waals surface area contributed by atoms with Gasteiger partial charge in [0.25, 0.3) is 0 Å².